The summed E-state index contributed by atoms with van der Waals surface area (Å²) in [6.45, 7) is 4.13. The summed E-state index contributed by atoms with van der Waals surface area (Å²) in [7, 11) is 2.98. The number of urea groups is 1. The minimum absolute atomic E-state index is 0.192. The van der Waals surface area contributed by atoms with E-state index in [-0.39, 0.29) is 24.1 Å². The zero-order chi connectivity index (χ0) is 23.5. The van der Waals surface area contributed by atoms with Crippen molar-refractivity contribution < 1.29 is 23.9 Å². The number of unbranched alkanes of at least 4 members (excludes halogenated alkanes) is 1. The van der Waals surface area contributed by atoms with Gasteiger partial charge in [-0.3, -0.25) is 9.59 Å². The summed E-state index contributed by atoms with van der Waals surface area (Å²) in [5, 5.41) is 8.36. The smallest absolute Gasteiger partial charge is 0.319 e. The van der Waals surface area contributed by atoms with Gasteiger partial charge in [0.15, 0.2) is 17.3 Å². The van der Waals surface area contributed by atoms with Gasteiger partial charge in [-0.2, -0.15) is 0 Å². The Labute approximate surface area is 188 Å². The molecule has 172 valence electrons. The number of hydrogen-bond acceptors (Lipinski definition) is 5. The van der Waals surface area contributed by atoms with E-state index in [1.807, 2.05) is 12.1 Å². The summed E-state index contributed by atoms with van der Waals surface area (Å²) < 4.78 is 10.5. The number of amides is 3. The molecular weight excluding hydrogens is 410 g/mol. The molecule has 0 aliphatic rings. The molecule has 0 atom stereocenters. The van der Waals surface area contributed by atoms with Gasteiger partial charge in [0.05, 0.1) is 19.9 Å². The Morgan fingerprint density at radius 1 is 0.938 bits per heavy atom. The number of benzene rings is 2. The molecule has 0 unspecified atom stereocenters. The van der Waals surface area contributed by atoms with E-state index in [1.54, 1.807) is 24.3 Å². The fourth-order valence-electron chi connectivity index (χ4n) is 3.05. The van der Waals surface area contributed by atoms with Crippen molar-refractivity contribution in [2.75, 3.05) is 31.4 Å². The Hall–Kier alpha value is -3.55. The molecule has 3 amide bonds. The lowest BCUT2D eigenvalue weighted by molar-refractivity contribution is -0.116. The molecule has 3 N–H and O–H groups in total. The molecule has 0 saturated heterocycles. The predicted octanol–water partition coefficient (Wildman–Crippen LogP) is 4.40. The molecule has 0 aromatic heterocycles. The van der Waals surface area contributed by atoms with Crippen LogP contribution in [0.25, 0.3) is 0 Å². The molecule has 0 radical (unpaired) electrons. The number of carbonyl (C=O) groups excluding carboxylic acids is 3. The molecule has 8 heteroatoms. The lowest BCUT2D eigenvalue weighted by Crippen LogP contribution is -2.29. The number of hydrogen-bond donors (Lipinski definition) is 3. The number of anilines is 2. The molecule has 32 heavy (non-hydrogen) atoms. The number of ketones is 1. The average Bonchev–Trinajstić information content (AvgIpc) is 2.78. The van der Waals surface area contributed by atoms with Crippen LogP contribution in [0.15, 0.2) is 36.4 Å². The summed E-state index contributed by atoms with van der Waals surface area (Å²) in [5.41, 5.74) is 2.37. The van der Waals surface area contributed by atoms with Crippen LogP contribution in [0.2, 0.25) is 0 Å². The molecule has 2 rings (SSSR count). The van der Waals surface area contributed by atoms with Crippen molar-refractivity contribution in [1.29, 1.82) is 0 Å². The van der Waals surface area contributed by atoms with Crippen LogP contribution in [-0.4, -0.2) is 38.5 Å². The van der Waals surface area contributed by atoms with Crippen molar-refractivity contribution in [3.05, 3.63) is 47.5 Å². The highest BCUT2D eigenvalue weighted by molar-refractivity contribution is 6.04. The Morgan fingerprint density at radius 3 is 2.19 bits per heavy atom. The summed E-state index contributed by atoms with van der Waals surface area (Å²) in [5.74, 6) is 0.429. The van der Waals surface area contributed by atoms with Gasteiger partial charge in [0.2, 0.25) is 5.91 Å². The highest BCUT2D eigenvalue weighted by Crippen LogP contribution is 2.33. The van der Waals surface area contributed by atoms with Gasteiger partial charge in [0, 0.05) is 30.3 Å². The van der Waals surface area contributed by atoms with Crippen molar-refractivity contribution >= 4 is 29.1 Å². The van der Waals surface area contributed by atoms with Crippen LogP contribution >= 0.6 is 0 Å². The van der Waals surface area contributed by atoms with Crippen LogP contribution in [0.5, 0.6) is 11.5 Å². The van der Waals surface area contributed by atoms with Crippen LogP contribution in [0.4, 0.5) is 16.2 Å². The molecule has 0 aliphatic heterocycles. The second-order valence-corrected chi connectivity index (χ2v) is 7.29. The zero-order valence-electron chi connectivity index (χ0n) is 19.0. The fraction of sp³-hybridized carbons (Fsp3) is 0.375. The Bertz CT molecular complexity index is 941. The van der Waals surface area contributed by atoms with Crippen molar-refractivity contribution in [3.63, 3.8) is 0 Å². The third kappa shape index (κ3) is 7.30. The standard InChI is InChI=1S/C24H31N3O5/c1-5-6-13-25-24(30)26-18-10-7-17(8-11-18)9-12-23(29)27-20-15-22(32-4)21(31-3)14-19(20)16(2)28/h7-8,10-11,14-15H,5-6,9,12-13H2,1-4H3,(H,27,29)(H2,25,26,30). The van der Waals surface area contributed by atoms with Crippen LogP contribution in [0.3, 0.4) is 0 Å². The van der Waals surface area contributed by atoms with E-state index in [0.29, 0.717) is 41.4 Å². The second-order valence-electron chi connectivity index (χ2n) is 7.29. The van der Waals surface area contributed by atoms with Crippen LogP contribution in [0, 0.1) is 0 Å². The van der Waals surface area contributed by atoms with E-state index >= 15 is 0 Å². The molecule has 2 aromatic rings. The number of methoxy groups -OCH3 is 2. The van der Waals surface area contributed by atoms with Gasteiger partial charge in [-0.1, -0.05) is 25.5 Å². The molecule has 8 nitrogen and oxygen atoms in total. The molecule has 2 aromatic carbocycles. The molecule has 0 fully saturated rings. The number of ether oxygens (including phenoxy) is 2. The maximum Gasteiger partial charge on any atom is 0.319 e. The highest BCUT2D eigenvalue weighted by Gasteiger charge is 2.16. The van der Waals surface area contributed by atoms with E-state index in [0.717, 1.165) is 18.4 Å². The normalized spacial score (nSPS) is 10.2. The third-order valence-electron chi connectivity index (χ3n) is 4.85. The van der Waals surface area contributed by atoms with Crippen molar-refractivity contribution in [2.24, 2.45) is 0 Å². The number of rotatable bonds is 11. The second kappa shape index (κ2) is 12.3. The van der Waals surface area contributed by atoms with Crippen LogP contribution < -0.4 is 25.4 Å². The average molecular weight is 442 g/mol. The molecule has 0 aliphatic carbocycles. The largest absolute Gasteiger partial charge is 0.493 e. The number of nitrogens with one attached hydrogen (secondary N) is 3. The van der Waals surface area contributed by atoms with Gasteiger partial charge in [-0.05, 0) is 43.5 Å². The fourth-order valence-corrected chi connectivity index (χ4v) is 3.05. The first-order valence-corrected chi connectivity index (χ1v) is 10.6. The van der Waals surface area contributed by atoms with Gasteiger partial charge < -0.3 is 25.4 Å². The van der Waals surface area contributed by atoms with Gasteiger partial charge in [0.1, 0.15) is 0 Å². The van der Waals surface area contributed by atoms with E-state index in [2.05, 4.69) is 22.9 Å². The molecule has 0 bridgehead atoms. The first-order chi connectivity index (χ1) is 15.4. The van der Waals surface area contributed by atoms with E-state index in [4.69, 9.17) is 9.47 Å². The van der Waals surface area contributed by atoms with Crippen molar-refractivity contribution in [3.8, 4) is 11.5 Å². The Balaban J connectivity index is 1.94. The highest BCUT2D eigenvalue weighted by atomic mass is 16.5. The van der Waals surface area contributed by atoms with E-state index in [1.165, 1.54) is 21.1 Å². The van der Waals surface area contributed by atoms with Crippen LogP contribution in [-0.2, 0) is 11.2 Å². The molecular formula is C24H31N3O5. The summed E-state index contributed by atoms with van der Waals surface area (Å²) in [4.78, 5) is 36.3. The number of aryl methyl sites for hydroxylation is 1. The Kier molecular flexibility index (Phi) is 9.53. The maximum absolute atomic E-state index is 12.5. The quantitative estimate of drug-likeness (QED) is 0.354. The lowest BCUT2D eigenvalue weighted by Gasteiger charge is -2.14. The van der Waals surface area contributed by atoms with Crippen molar-refractivity contribution in [1.82, 2.24) is 5.32 Å². The zero-order valence-corrected chi connectivity index (χ0v) is 19.0. The minimum Gasteiger partial charge on any atom is -0.493 e. The first kappa shape index (κ1) is 24.7. The monoisotopic (exact) mass is 441 g/mol. The van der Waals surface area contributed by atoms with Gasteiger partial charge >= 0.3 is 6.03 Å². The first-order valence-electron chi connectivity index (χ1n) is 10.6. The summed E-state index contributed by atoms with van der Waals surface area (Å²) in [6, 6.07) is 10.2. The number of Topliss-reactive ketones (excluding diaryl/α,β-unsaturated/α-hetero) is 1. The Morgan fingerprint density at radius 2 is 1.59 bits per heavy atom. The predicted molar refractivity (Wildman–Crippen MR) is 125 cm³/mol. The molecule has 0 spiro atoms. The summed E-state index contributed by atoms with van der Waals surface area (Å²) in [6.07, 6.45) is 2.70. The lowest BCUT2D eigenvalue weighted by atomic mass is 10.1. The van der Waals surface area contributed by atoms with Gasteiger partial charge in [-0.25, -0.2) is 4.79 Å². The van der Waals surface area contributed by atoms with E-state index < -0.39 is 0 Å². The summed E-state index contributed by atoms with van der Waals surface area (Å²) >= 11 is 0. The maximum atomic E-state index is 12.5. The van der Waals surface area contributed by atoms with Gasteiger partial charge in [-0.15, -0.1) is 0 Å². The van der Waals surface area contributed by atoms with E-state index in [9.17, 15) is 14.4 Å². The SMILES string of the molecule is CCCCNC(=O)Nc1ccc(CCC(=O)Nc2cc(OC)c(OC)cc2C(C)=O)cc1. The third-order valence-corrected chi connectivity index (χ3v) is 4.85. The minimum atomic E-state index is -0.234. The van der Waals surface area contributed by atoms with Crippen molar-refractivity contribution in [2.45, 2.75) is 39.5 Å². The van der Waals surface area contributed by atoms with Crippen LogP contribution in [0.1, 0.15) is 49.0 Å². The van der Waals surface area contributed by atoms with Gasteiger partial charge in [0.25, 0.3) is 0 Å². The topological polar surface area (TPSA) is 106 Å². The molecule has 0 heterocycles. The number of carbonyl (C=O) groups is 3. The molecule has 0 saturated carbocycles.